The van der Waals surface area contributed by atoms with Gasteiger partial charge < -0.3 is 10.0 Å². The standard InChI is InChI=1S/C11H19NO3/c1-3-4-5-9(13)12-7-6-8(2)10(12)11(14)15/h8,10H,3-7H2,1-2H3,(H,14,15). The zero-order valence-electron chi connectivity index (χ0n) is 9.40. The number of rotatable bonds is 4. The lowest BCUT2D eigenvalue weighted by Crippen LogP contribution is -2.42. The molecule has 1 fully saturated rings. The summed E-state index contributed by atoms with van der Waals surface area (Å²) in [5.74, 6) is -0.800. The molecule has 0 spiro atoms. The molecule has 15 heavy (non-hydrogen) atoms. The van der Waals surface area contributed by atoms with Crippen LogP contribution in [-0.4, -0.2) is 34.5 Å². The van der Waals surface area contributed by atoms with Gasteiger partial charge in [0.25, 0.3) is 0 Å². The Morgan fingerprint density at radius 1 is 1.47 bits per heavy atom. The van der Waals surface area contributed by atoms with Crippen molar-refractivity contribution in [3.63, 3.8) is 0 Å². The maximum absolute atomic E-state index is 11.7. The summed E-state index contributed by atoms with van der Waals surface area (Å²) in [7, 11) is 0. The Morgan fingerprint density at radius 3 is 2.67 bits per heavy atom. The highest BCUT2D eigenvalue weighted by Gasteiger charge is 2.38. The molecule has 1 amide bonds. The number of carbonyl (C=O) groups excluding carboxylic acids is 1. The van der Waals surface area contributed by atoms with E-state index in [1.54, 1.807) is 0 Å². The molecule has 0 bridgehead atoms. The van der Waals surface area contributed by atoms with E-state index in [1.807, 2.05) is 13.8 Å². The summed E-state index contributed by atoms with van der Waals surface area (Å²) in [6, 6.07) is -0.602. The molecule has 0 aromatic heterocycles. The van der Waals surface area contributed by atoms with E-state index in [0.717, 1.165) is 19.3 Å². The first-order valence-corrected chi connectivity index (χ1v) is 5.60. The van der Waals surface area contributed by atoms with Gasteiger partial charge in [0.15, 0.2) is 0 Å². The SMILES string of the molecule is CCCCC(=O)N1CCC(C)C1C(=O)O. The molecule has 0 aromatic rings. The van der Waals surface area contributed by atoms with Crippen LogP contribution in [0.3, 0.4) is 0 Å². The number of hydrogen-bond donors (Lipinski definition) is 1. The van der Waals surface area contributed by atoms with Crippen LogP contribution in [0.25, 0.3) is 0 Å². The number of hydrogen-bond acceptors (Lipinski definition) is 2. The van der Waals surface area contributed by atoms with Crippen molar-refractivity contribution in [3.05, 3.63) is 0 Å². The first kappa shape index (κ1) is 12.0. The fraction of sp³-hybridized carbons (Fsp3) is 0.818. The van der Waals surface area contributed by atoms with Gasteiger partial charge in [0, 0.05) is 13.0 Å². The predicted molar refractivity (Wildman–Crippen MR) is 56.4 cm³/mol. The fourth-order valence-electron chi connectivity index (χ4n) is 2.08. The first-order chi connectivity index (χ1) is 7.07. The van der Waals surface area contributed by atoms with Crippen LogP contribution in [0, 0.1) is 5.92 Å². The molecule has 1 saturated heterocycles. The number of nitrogens with zero attached hydrogens (tertiary/aromatic N) is 1. The van der Waals surface area contributed by atoms with Crippen molar-refractivity contribution in [3.8, 4) is 0 Å². The summed E-state index contributed by atoms with van der Waals surface area (Å²) in [5.41, 5.74) is 0. The second-order valence-corrected chi connectivity index (χ2v) is 4.24. The van der Waals surface area contributed by atoms with Gasteiger partial charge in [-0.05, 0) is 18.8 Å². The van der Waals surface area contributed by atoms with Crippen molar-refractivity contribution in [1.82, 2.24) is 4.90 Å². The van der Waals surface area contributed by atoms with Crippen LogP contribution in [0.2, 0.25) is 0 Å². The van der Waals surface area contributed by atoms with Gasteiger partial charge in [-0.25, -0.2) is 4.79 Å². The second-order valence-electron chi connectivity index (χ2n) is 4.24. The molecule has 2 unspecified atom stereocenters. The van der Waals surface area contributed by atoms with Crippen molar-refractivity contribution >= 4 is 11.9 Å². The molecule has 1 N–H and O–H groups in total. The summed E-state index contributed by atoms with van der Waals surface area (Å²) in [4.78, 5) is 24.3. The Bertz CT molecular complexity index is 252. The Hall–Kier alpha value is -1.06. The van der Waals surface area contributed by atoms with Gasteiger partial charge in [0.05, 0.1) is 0 Å². The molecule has 1 rings (SSSR count). The zero-order chi connectivity index (χ0) is 11.4. The number of aliphatic carboxylic acids is 1. The summed E-state index contributed by atoms with van der Waals surface area (Å²) in [5, 5.41) is 9.03. The summed E-state index contributed by atoms with van der Waals surface area (Å²) < 4.78 is 0. The molecule has 1 aliphatic heterocycles. The minimum Gasteiger partial charge on any atom is -0.480 e. The second kappa shape index (κ2) is 5.14. The maximum atomic E-state index is 11.7. The quantitative estimate of drug-likeness (QED) is 0.769. The molecule has 86 valence electrons. The van der Waals surface area contributed by atoms with Gasteiger partial charge in [-0.15, -0.1) is 0 Å². The maximum Gasteiger partial charge on any atom is 0.326 e. The molecule has 4 heteroatoms. The highest BCUT2D eigenvalue weighted by atomic mass is 16.4. The van der Waals surface area contributed by atoms with E-state index in [4.69, 9.17) is 5.11 Å². The first-order valence-electron chi connectivity index (χ1n) is 5.60. The molecule has 2 atom stereocenters. The molecule has 1 aliphatic rings. The molecule has 4 nitrogen and oxygen atoms in total. The van der Waals surface area contributed by atoms with Crippen LogP contribution in [-0.2, 0) is 9.59 Å². The van der Waals surface area contributed by atoms with Crippen molar-refractivity contribution in [2.75, 3.05) is 6.54 Å². The van der Waals surface area contributed by atoms with E-state index >= 15 is 0 Å². The topological polar surface area (TPSA) is 57.6 Å². The third kappa shape index (κ3) is 2.70. The van der Waals surface area contributed by atoms with E-state index in [0.29, 0.717) is 13.0 Å². The van der Waals surface area contributed by atoms with E-state index in [9.17, 15) is 9.59 Å². The molecular formula is C11H19NO3. The number of carboxylic acids is 1. The van der Waals surface area contributed by atoms with E-state index in [2.05, 4.69) is 0 Å². The van der Waals surface area contributed by atoms with Crippen LogP contribution < -0.4 is 0 Å². The van der Waals surface area contributed by atoms with Crippen LogP contribution in [0.15, 0.2) is 0 Å². The Labute approximate surface area is 90.3 Å². The highest BCUT2D eigenvalue weighted by Crippen LogP contribution is 2.25. The molecule has 1 heterocycles. The Balaban J connectivity index is 2.60. The van der Waals surface area contributed by atoms with Gasteiger partial charge in [-0.3, -0.25) is 4.79 Å². The fourth-order valence-corrected chi connectivity index (χ4v) is 2.08. The van der Waals surface area contributed by atoms with E-state index in [1.165, 1.54) is 4.90 Å². The number of carbonyl (C=O) groups is 2. The number of unbranched alkanes of at least 4 members (excludes halogenated alkanes) is 1. The average Bonchev–Trinajstić information content (AvgIpc) is 2.56. The van der Waals surface area contributed by atoms with Crippen LogP contribution in [0.1, 0.15) is 39.5 Å². The van der Waals surface area contributed by atoms with Gasteiger partial charge in [0.2, 0.25) is 5.91 Å². The lowest BCUT2D eigenvalue weighted by Gasteiger charge is -2.23. The molecule has 0 saturated carbocycles. The van der Waals surface area contributed by atoms with Crippen molar-refractivity contribution in [2.45, 2.75) is 45.6 Å². The third-order valence-electron chi connectivity index (χ3n) is 3.02. The number of amides is 1. The van der Waals surface area contributed by atoms with Crippen LogP contribution in [0.4, 0.5) is 0 Å². The van der Waals surface area contributed by atoms with Crippen molar-refractivity contribution in [1.29, 1.82) is 0 Å². The predicted octanol–water partition coefficient (Wildman–Crippen LogP) is 1.50. The lowest BCUT2D eigenvalue weighted by atomic mass is 10.0. The van der Waals surface area contributed by atoms with Crippen molar-refractivity contribution in [2.24, 2.45) is 5.92 Å². The molecule has 0 aromatic carbocycles. The monoisotopic (exact) mass is 213 g/mol. The number of carboxylic acid groups (broad SMARTS) is 1. The minimum absolute atomic E-state index is 0.00593. The Morgan fingerprint density at radius 2 is 2.13 bits per heavy atom. The van der Waals surface area contributed by atoms with Gasteiger partial charge in [-0.2, -0.15) is 0 Å². The molecular weight excluding hydrogens is 194 g/mol. The van der Waals surface area contributed by atoms with E-state index < -0.39 is 12.0 Å². The number of likely N-dealkylation sites (tertiary alicyclic amines) is 1. The summed E-state index contributed by atoms with van der Waals surface area (Å²) >= 11 is 0. The third-order valence-corrected chi connectivity index (χ3v) is 3.02. The summed E-state index contributed by atoms with van der Waals surface area (Å²) in [6.07, 6.45) is 3.09. The van der Waals surface area contributed by atoms with Crippen molar-refractivity contribution < 1.29 is 14.7 Å². The average molecular weight is 213 g/mol. The smallest absolute Gasteiger partial charge is 0.326 e. The van der Waals surface area contributed by atoms with E-state index in [-0.39, 0.29) is 11.8 Å². The minimum atomic E-state index is -0.871. The largest absolute Gasteiger partial charge is 0.480 e. The normalized spacial score (nSPS) is 25.6. The van der Waals surface area contributed by atoms with Crippen LogP contribution >= 0.6 is 0 Å². The van der Waals surface area contributed by atoms with Gasteiger partial charge >= 0.3 is 5.97 Å². The highest BCUT2D eigenvalue weighted by molar-refractivity contribution is 5.84. The molecule has 0 radical (unpaired) electrons. The Kier molecular flexibility index (Phi) is 4.12. The molecule has 0 aliphatic carbocycles. The lowest BCUT2D eigenvalue weighted by molar-refractivity contribution is -0.149. The summed E-state index contributed by atoms with van der Waals surface area (Å²) in [6.45, 7) is 4.52. The van der Waals surface area contributed by atoms with Gasteiger partial charge in [0.1, 0.15) is 6.04 Å². The zero-order valence-corrected chi connectivity index (χ0v) is 9.40. The van der Waals surface area contributed by atoms with Crippen LogP contribution in [0.5, 0.6) is 0 Å². The van der Waals surface area contributed by atoms with Gasteiger partial charge in [-0.1, -0.05) is 20.3 Å².